The van der Waals surface area contributed by atoms with Crippen LogP contribution in [0.3, 0.4) is 0 Å². The molecular weight excluding hydrogens is 200 g/mol. The lowest BCUT2D eigenvalue weighted by Crippen LogP contribution is -2.13. The Kier molecular flexibility index (Phi) is 2.82. The number of carbonyl (C=O) groups excluding carboxylic acids is 1. The molecule has 0 spiro atoms. The smallest absolute Gasteiger partial charge is 0.159 e. The van der Waals surface area contributed by atoms with Gasteiger partial charge in [-0.05, 0) is 36.5 Å². The van der Waals surface area contributed by atoms with Crippen LogP contribution in [0.4, 0.5) is 0 Å². The first-order valence-corrected chi connectivity index (χ1v) is 5.56. The minimum Gasteiger partial charge on any atom is -0.512 e. The van der Waals surface area contributed by atoms with Crippen molar-refractivity contribution in [2.75, 3.05) is 0 Å². The number of hydrogen-bond donors (Lipinski definition) is 1. The number of allylic oxidation sites excluding steroid dienone is 2. The third kappa shape index (κ3) is 2.01. The fourth-order valence-electron chi connectivity index (χ4n) is 2.31. The van der Waals surface area contributed by atoms with E-state index in [0.717, 1.165) is 0 Å². The summed E-state index contributed by atoms with van der Waals surface area (Å²) in [6, 6.07) is 6.13. The van der Waals surface area contributed by atoms with Gasteiger partial charge >= 0.3 is 0 Å². The lowest BCUT2D eigenvalue weighted by molar-refractivity contribution is -0.115. The van der Waals surface area contributed by atoms with E-state index >= 15 is 0 Å². The van der Waals surface area contributed by atoms with E-state index in [1.807, 2.05) is 6.07 Å². The molecule has 1 atom stereocenters. The average Bonchev–Trinajstić information content (AvgIpc) is 2.20. The summed E-state index contributed by atoms with van der Waals surface area (Å²) in [6.45, 7) is 4.14. The van der Waals surface area contributed by atoms with Crippen molar-refractivity contribution in [3.63, 3.8) is 0 Å². The highest BCUT2D eigenvalue weighted by atomic mass is 16.3. The molecule has 0 aliphatic heterocycles. The van der Waals surface area contributed by atoms with Crippen molar-refractivity contribution < 1.29 is 9.90 Å². The van der Waals surface area contributed by atoms with Crippen LogP contribution in [-0.2, 0) is 4.79 Å². The van der Waals surface area contributed by atoms with Gasteiger partial charge in [0.2, 0.25) is 0 Å². The van der Waals surface area contributed by atoms with Crippen LogP contribution >= 0.6 is 0 Å². The van der Waals surface area contributed by atoms with Gasteiger partial charge in [-0.15, -0.1) is 0 Å². The van der Waals surface area contributed by atoms with Gasteiger partial charge in [-0.2, -0.15) is 0 Å². The van der Waals surface area contributed by atoms with Crippen LogP contribution in [0.1, 0.15) is 35.4 Å². The summed E-state index contributed by atoms with van der Waals surface area (Å²) in [5.41, 5.74) is 3.65. The van der Waals surface area contributed by atoms with E-state index < -0.39 is 0 Å². The highest BCUT2D eigenvalue weighted by molar-refractivity contribution is 5.91. The molecule has 2 heteroatoms. The Morgan fingerprint density at radius 3 is 2.69 bits per heavy atom. The Hall–Kier alpha value is -1.57. The molecule has 16 heavy (non-hydrogen) atoms. The highest BCUT2D eigenvalue weighted by Gasteiger charge is 2.23. The molecule has 1 N–H and O–H groups in total. The van der Waals surface area contributed by atoms with Crippen molar-refractivity contribution in [1.82, 2.24) is 0 Å². The standard InChI is InChI=1S/C14H16O2/c1-9-4-3-5-14(10(9)2)11-6-12(15)8-13(16)7-11/h3-5,8,11,15H,6-7H2,1-2H3. The summed E-state index contributed by atoms with van der Waals surface area (Å²) in [5, 5.41) is 9.51. The van der Waals surface area contributed by atoms with E-state index in [-0.39, 0.29) is 17.5 Å². The fraction of sp³-hybridized carbons (Fsp3) is 0.357. The van der Waals surface area contributed by atoms with E-state index in [9.17, 15) is 9.90 Å². The van der Waals surface area contributed by atoms with Crippen molar-refractivity contribution >= 4 is 5.78 Å². The zero-order chi connectivity index (χ0) is 11.7. The molecule has 0 saturated heterocycles. The number of hydrogen-bond acceptors (Lipinski definition) is 2. The molecule has 1 aromatic carbocycles. The van der Waals surface area contributed by atoms with Crippen LogP contribution < -0.4 is 0 Å². The second-order valence-corrected chi connectivity index (χ2v) is 4.50. The normalized spacial score (nSPS) is 20.8. The third-order valence-electron chi connectivity index (χ3n) is 3.32. The molecule has 2 nitrogen and oxygen atoms in total. The molecule has 1 aliphatic rings. The van der Waals surface area contributed by atoms with Gasteiger partial charge in [-0.3, -0.25) is 4.79 Å². The molecular formula is C14H16O2. The van der Waals surface area contributed by atoms with Crippen molar-refractivity contribution in [3.05, 3.63) is 46.7 Å². The van der Waals surface area contributed by atoms with Gasteiger partial charge in [0.25, 0.3) is 0 Å². The molecule has 0 amide bonds. The molecule has 1 aromatic rings. The Labute approximate surface area is 95.6 Å². The van der Waals surface area contributed by atoms with E-state index in [2.05, 4.69) is 26.0 Å². The number of aliphatic hydroxyl groups excluding tert-OH is 1. The molecule has 0 heterocycles. The minimum atomic E-state index is 0.0228. The first kappa shape index (κ1) is 10.9. The van der Waals surface area contributed by atoms with Crippen LogP contribution in [0.25, 0.3) is 0 Å². The maximum atomic E-state index is 11.4. The SMILES string of the molecule is Cc1cccc(C2CC(=O)C=C(O)C2)c1C. The maximum absolute atomic E-state index is 11.4. The van der Waals surface area contributed by atoms with E-state index in [1.165, 1.54) is 22.8 Å². The largest absolute Gasteiger partial charge is 0.512 e. The number of aryl methyl sites for hydroxylation is 1. The number of benzene rings is 1. The Morgan fingerprint density at radius 2 is 2.00 bits per heavy atom. The molecule has 0 radical (unpaired) electrons. The lowest BCUT2D eigenvalue weighted by atomic mass is 9.83. The summed E-state index contributed by atoms with van der Waals surface area (Å²) in [5.74, 6) is 0.370. The minimum absolute atomic E-state index is 0.0228. The van der Waals surface area contributed by atoms with Crippen LogP contribution in [0.5, 0.6) is 0 Å². The fourth-order valence-corrected chi connectivity index (χ4v) is 2.31. The zero-order valence-electron chi connectivity index (χ0n) is 9.66. The van der Waals surface area contributed by atoms with Gasteiger partial charge in [0.1, 0.15) is 0 Å². The van der Waals surface area contributed by atoms with E-state index in [0.29, 0.717) is 12.8 Å². The Morgan fingerprint density at radius 1 is 1.25 bits per heavy atom. The molecule has 1 unspecified atom stereocenters. The molecule has 0 saturated carbocycles. The van der Waals surface area contributed by atoms with Crippen LogP contribution in [0.15, 0.2) is 30.0 Å². The molecule has 84 valence electrons. The van der Waals surface area contributed by atoms with E-state index in [1.54, 1.807) is 0 Å². The van der Waals surface area contributed by atoms with Crippen molar-refractivity contribution in [2.45, 2.75) is 32.6 Å². The number of carbonyl (C=O) groups is 1. The zero-order valence-corrected chi connectivity index (χ0v) is 9.66. The van der Waals surface area contributed by atoms with Crippen LogP contribution in [0.2, 0.25) is 0 Å². The average molecular weight is 216 g/mol. The number of rotatable bonds is 1. The van der Waals surface area contributed by atoms with Gasteiger partial charge < -0.3 is 5.11 Å². The predicted molar refractivity (Wildman–Crippen MR) is 63.6 cm³/mol. The topological polar surface area (TPSA) is 37.3 Å². The molecule has 0 bridgehead atoms. The van der Waals surface area contributed by atoms with Gasteiger partial charge in [-0.25, -0.2) is 0 Å². The Balaban J connectivity index is 2.35. The monoisotopic (exact) mass is 216 g/mol. The molecule has 2 rings (SSSR count). The summed E-state index contributed by atoms with van der Waals surface area (Å²) in [4.78, 5) is 11.4. The van der Waals surface area contributed by atoms with Gasteiger partial charge in [-0.1, -0.05) is 18.2 Å². The third-order valence-corrected chi connectivity index (χ3v) is 3.32. The number of aliphatic hydroxyl groups is 1. The highest BCUT2D eigenvalue weighted by Crippen LogP contribution is 2.33. The van der Waals surface area contributed by atoms with Crippen molar-refractivity contribution in [3.8, 4) is 0 Å². The quantitative estimate of drug-likeness (QED) is 0.782. The van der Waals surface area contributed by atoms with Crippen molar-refractivity contribution in [1.29, 1.82) is 0 Å². The van der Waals surface area contributed by atoms with Crippen molar-refractivity contribution in [2.24, 2.45) is 0 Å². The second-order valence-electron chi connectivity index (χ2n) is 4.50. The Bertz CT molecular complexity index is 458. The van der Waals surface area contributed by atoms with Crippen LogP contribution in [0, 0.1) is 13.8 Å². The molecule has 0 fully saturated rings. The predicted octanol–water partition coefficient (Wildman–Crippen LogP) is 3.19. The second kappa shape index (κ2) is 4.12. The van der Waals surface area contributed by atoms with E-state index in [4.69, 9.17) is 0 Å². The first-order valence-electron chi connectivity index (χ1n) is 5.56. The first-order chi connectivity index (χ1) is 7.58. The molecule has 0 aromatic heterocycles. The van der Waals surface area contributed by atoms with Gasteiger partial charge in [0, 0.05) is 18.9 Å². The summed E-state index contributed by atoms with van der Waals surface area (Å²) < 4.78 is 0. The lowest BCUT2D eigenvalue weighted by Gasteiger charge is -2.22. The summed E-state index contributed by atoms with van der Waals surface area (Å²) in [7, 11) is 0. The van der Waals surface area contributed by atoms with Gasteiger partial charge in [0.05, 0.1) is 5.76 Å². The summed E-state index contributed by atoms with van der Waals surface area (Å²) in [6.07, 6.45) is 2.44. The molecule has 1 aliphatic carbocycles. The van der Waals surface area contributed by atoms with Crippen LogP contribution in [-0.4, -0.2) is 10.9 Å². The van der Waals surface area contributed by atoms with Gasteiger partial charge in [0.15, 0.2) is 5.78 Å². The number of ketones is 1. The maximum Gasteiger partial charge on any atom is 0.159 e. The summed E-state index contributed by atoms with van der Waals surface area (Å²) >= 11 is 0.